The molecule has 1 saturated heterocycles. The molecule has 2 rings (SSSR count). The van der Waals surface area contributed by atoms with Gasteiger partial charge in [-0.15, -0.1) is 0 Å². The predicted molar refractivity (Wildman–Crippen MR) is 256 cm³/mol. The number of methoxy groups -OCH3 is 2. The number of aliphatic carboxylic acids is 1. The molecule has 354 valence electrons. The number of carbonyl (C=O) groups is 4. The number of nitrogens with zero attached hydrogens (tertiary/aromatic N) is 1. The Morgan fingerprint density at radius 3 is 2.03 bits per heavy atom. The quantitative estimate of drug-likeness (QED) is 0.0632. The second-order valence-electron chi connectivity index (χ2n) is 19.7. The van der Waals surface area contributed by atoms with Crippen LogP contribution in [0.4, 0.5) is 0 Å². The number of ether oxygens (including phenoxy) is 2. The van der Waals surface area contributed by atoms with Gasteiger partial charge in [0.05, 0.1) is 0 Å². The summed E-state index contributed by atoms with van der Waals surface area (Å²) in [5.41, 5.74) is 3.63. The van der Waals surface area contributed by atoms with Crippen LogP contribution in [-0.4, -0.2) is 112 Å². The van der Waals surface area contributed by atoms with Crippen molar-refractivity contribution in [2.24, 2.45) is 17.8 Å². The first-order chi connectivity index (χ1) is 29.1. The summed E-state index contributed by atoms with van der Waals surface area (Å²) in [6, 6.07) is 4.61. The molecule has 1 aliphatic rings. The van der Waals surface area contributed by atoms with E-state index in [1.54, 1.807) is 14.2 Å². The zero-order valence-corrected chi connectivity index (χ0v) is 44.9. The van der Waals surface area contributed by atoms with E-state index in [-0.39, 0.29) is 35.3 Å². The monoisotopic (exact) mass is 995 g/mol. The topological polar surface area (TPSA) is 156 Å². The van der Waals surface area contributed by atoms with Crippen LogP contribution < -0.4 is 20.5 Å². The number of benzene rings is 1. The van der Waals surface area contributed by atoms with Crippen LogP contribution in [0.1, 0.15) is 126 Å². The van der Waals surface area contributed by atoms with Crippen molar-refractivity contribution in [3.8, 4) is 5.75 Å². The van der Waals surface area contributed by atoms with Gasteiger partial charge in [-0.05, 0) is 48.7 Å². The normalized spacial score (nSPS) is 18.2. The van der Waals surface area contributed by atoms with Gasteiger partial charge in [0, 0.05) is 13.0 Å². The SMILES string of the molecule is CCC[CH2][Sn](/[CH]=C/[C@H](OC)[C@H](C)[C@@H](OC)[C@@H](C)C(=O)N[C@H](C(=O)N[C@@H](Cc1cccc(O[Si](C)(C)C(C)(C)C)c1)C(=O)N1CCC[C@@H](C(=O)O)N1)C(C)C)([CH2]CCC)[CH2]CCC. The van der Waals surface area contributed by atoms with E-state index >= 15 is 0 Å². The average molecular weight is 994 g/mol. The van der Waals surface area contributed by atoms with Gasteiger partial charge in [0.1, 0.15) is 11.8 Å². The number of hydrogen-bond donors (Lipinski definition) is 4. The molecule has 0 bridgehead atoms. The number of unbranched alkanes of at least 4 members (excludes halogenated alkanes) is 3. The molecule has 4 N–H and O–H groups in total. The number of carbonyl (C=O) groups excluding carboxylic acids is 3. The van der Waals surface area contributed by atoms with E-state index in [0.717, 1.165) is 5.56 Å². The molecule has 1 aliphatic heterocycles. The number of amides is 3. The summed E-state index contributed by atoms with van der Waals surface area (Å²) in [6.45, 7) is 25.6. The molecule has 0 spiro atoms. The molecule has 0 unspecified atom stereocenters. The molecule has 0 saturated carbocycles. The Morgan fingerprint density at radius 2 is 1.53 bits per heavy atom. The van der Waals surface area contributed by atoms with E-state index < -0.39 is 74.6 Å². The summed E-state index contributed by atoms with van der Waals surface area (Å²) < 4.78 is 25.4. The summed E-state index contributed by atoms with van der Waals surface area (Å²) >= 11 is -2.62. The molecule has 1 aromatic rings. The van der Waals surface area contributed by atoms with Crippen LogP contribution >= 0.6 is 0 Å². The summed E-state index contributed by atoms with van der Waals surface area (Å²) in [5.74, 6) is -2.77. The Hall–Kier alpha value is -2.46. The van der Waals surface area contributed by atoms with E-state index in [9.17, 15) is 24.3 Å². The third-order valence-corrected chi connectivity index (χ3v) is 31.8. The van der Waals surface area contributed by atoms with Gasteiger partial charge in [0.25, 0.3) is 5.91 Å². The standard InChI is InChI=1S/C36H59N4O8Si.3C4H9.Sn/c1-13-29(46-9)23(4)31(47-10)24(5)32(41)38-30(22(2)3)33(42)37-28(34(43)40-19-15-18-27(39-40)35(44)45)21-25-16-14-17-26(20-25)48-49(11,12)36(6,7)8;3*1-3-4-2;/h1,13-14,16-17,20,22-24,27-31,39H,15,18-19,21H2,2-12H3,(H,37,42)(H,38,41)(H,44,45);3*1,3-4H2,2H3;/t23-,24+,27-,28-,29-,30-,31+;;;;/m0..../s1. The molecule has 1 fully saturated rings. The molecular formula is C48H86N4O8SiSn. The van der Waals surface area contributed by atoms with Crippen LogP contribution in [-0.2, 0) is 35.1 Å². The van der Waals surface area contributed by atoms with Crippen molar-refractivity contribution >= 4 is 50.4 Å². The first-order valence-electron chi connectivity index (χ1n) is 23.5. The first-order valence-corrected chi connectivity index (χ1v) is 34.2. The Labute approximate surface area is 380 Å². The number of rotatable bonds is 27. The van der Waals surface area contributed by atoms with Crippen molar-refractivity contribution < 1.29 is 38.2 Å². The van der Waals surface area contributed by atoms with Crippen molar-refractivity contribution in [1.82, 2.24) is 21.1 Å². The fourth-order valence-electron chi connectivity index (χ4n) is 8.20. The maximum atomic E-state index is 14.3. The molecular weight excluding hydrogens is 907 g/mol. The fraction of sp³-hybridized carbons (Fsp3) is 0.750. The molecule has 1 aromatic carbocycles. The molecule has 14 heteroatoms. The molecule has 0 radical (unpaired) electrons. The van der Waals surface area contributed by atoms with E-state index in [1.165, 1.54) is 56.8 Å². The van der Waals surface area contributed by atoms with Gasteiger partial charge in [-0.1, -0.05) is 32.9 Å². The molecule has 1 heterocycles. The van der Waals surface area contributed by atoms with E-state index in [0.29, 0.717) is 25.1 Å². The summed E-state index contributed by atoms with van der Waals surface area (Å²) in [6.07, 6.45) is 9.91. The molecule has 0 aromatic heterocycles. The summed E-state index contributed by atoms with van der Waals surface area (Å²) in [7, 11) is 1.17. The Kier molecular flexibility index (Phi) is 23.8. The first kappa shape index (κ1) is 55.7. The van der Waals surface area contributed by atoms with Crippen molar-refractivity contribution in [3.05, 3.63) is 40.0 Å². The third-order valence-electron chi connectivity index (χ3n) is 13.3. The summed E-state index contributed by atoms with van der Waals surface area (Å²) in [5, 5.41) is 17.0. The third kappa shape index (κ3) is 16.8. The Bertz CT molecular complexity index is 1560. The van der Waals surface area contributed by atoms with E-state index in [1.807, 2.05) is 45.0 Å². The fourth-order valence-corrected chi connectivity index (χ4v) is 23.6. The summed E-state index contributed by atoms with van der Waals surface area (Å²) in [4.78, 5) is 54.6. The molecule has 0 aliphatic carbocycles. The zero-order chi connectivity index (χ0) is 46.8. The van der Waals surface area contributed by atoms with Crippen molar-refractivity contribution in [3.63, 3.8) is 0 Å². The van der Waals surface area contributed by atoms with Gasteiger partial charge in [0.15, 0.2) is 0 Å². The van der Waals surface area contributed by atoms with E-state index in [4.69, 9.17) is 13.9 Å². The second-order valence-corrected chi connectivity index (χ2v) is 37.5. The van der Waals surface area contributed by atoms with E-state index in [2.05, 4.69) is 87.8 Å². The second kappa shape index (κ2) is 26.5. The van der Waals surface area contributed by atoms with Crippen molar-refractivity contribution in [2.45, 2.75) is 189 Å². The average Bonchev–Trinajstić information content (AvgIpc) is 3.22. The molecule has 12 nitrogen and oxygen atoms in total. The van der Waals surface area contributed by atoms with Gasteiger partial charge < -0.3 is 9.53 Å². The van der Waals surface area contributed by atoms with Crippen LogP contribution in [0.5, 0.6) is 5.75 Å². The van der Waals surface area contributed by atoms with Gasteiger partial charge in [-0.2, -0.15) is 0 Å². The van der Waals surface area contributed by atoms with Crippen LogP contribution in [0, 0.1) is 17.8 Å². The minimum atomic E-state index is -2.62. The Balaban J connectivity index is 2.40. The van der Waals surface area contributed by atoms with Crippen molar-refractivity contribution in [2.75, 3.05) is 20.8 Å². The molecule has 62 heavy (non-hydrogen) atoms. The maximum absolute atomic E-state index is 14.3. The number of carboxylic acid groups (broad SMARTS) is 1. The zero-order valence-electron chi connectivity index (χ0n) is 41.0. The number of carboxylic acids is 1. The van der Waals surface area contributed by atoms with Gasteiger partial charge in [-0.3, -0.25) is 14.6 Å². The number of hydrazine groups is 1. The number of nitrogens with one attached hydrogen (secondary N) is 3. The van der Waals surface area contributed by atoms with Crippen molar-refractivity contribution in [1.29, 1.82) is 0 Å². The predicted octanol–water partition coefficient (Wildman–Crippen LogP) is 9.07. The van der Waals surface area contributed by atoms with Crippen LogP contribution in [0.3, 0.4) is 0 Å². The van der Waals surface area contributed by atoms with Crippen LogP contribution in [0.2, 0.25) is 31.4 Å². The molecule has 3 amide bonds. The van der Waals surface area contributed by atoms with Gasteiger partial charge in [0.2, 0.25) is 8.32 Å². The van der Waals surface area contributed by atoms with Gasteiger partial charge >= 0.3 is 233 Å². The Morgan fingerprint density at radius 1 is 0.935 bits per heavy atom. The van der Waals surface area contributed by atoms with Crippen LogP contribution in [0.25, 0.3) is 0 Å². The number of hydrogen-bond acceptors (Lipinski definition) is 8. The molecule has 7 atom stereocenters. The van der Waals surface area contributed by atoms with Crippen LogP contribution in [0.15, 0.2) is 34.4 Å². The van der Waals surface area contributed by atoms with Gasteiger partial charge in [-0.25, -0.2) is 5.43 Å². The minimum absolute atomic E-state index is 0.0292.